The van der Waals surface area contributed by atoms with E-state index in [-0.39, 0.29) is 29.2 Å². The number of carbonyl (C=O) groups is 2. The van der Waals surface area contributed by atoms with Gasteiger partial charge in [-0.05, 0) is 81.3 Å². The third-order valence-corrected chi connectivity index (χ3v) is 10.1. The van der Waals surface area contributed by atoms with Gasteiger partial charge in [-0.25, -0.2) is 8.42 Å². The van der Waals surface area contributed by atoms with E-state index in [4.69, 9.17) is 27.9 Å². The van der Waals surface area contributed by atoms with Gasteiger partial charge >= 0.3 is 0 Å². The van der Waals surface area contributed by atoms with Crippen LogP contribution < -0.4 is 14.4 Å². The Hall–Kier alpha value is -4.65. The van der Waals surface area contributed by atoms with Gasteiger partial charge in [0.15, 0.2) is 0 Å². The molecule has 0 spiro atoms. The zero-order valence-corrected chi connectivity index (χ0v) is 30.6. The fourth-order valence-corrected chi connectivity index (χ4v) is 7.09. The van der Waals surface area contributed by atoms with E-state index in [2.05, 4.69) is 5.32 Å². The SMILES string of the molecule is COc1ccc(N(CC(=O)N(Cc2ccc(Cl)cc2Cl)C(Cc2ccccc2)C(=O)NC(C)(C)C)S(=O)(=O)c2ccc(C)c([N+](=O)[O-])c2)cc1. The summed E-state index contributed by atoms with van der Waals surface area (Å²) in [6.45, 7) is 5.99. The molecule has 1 N–H and O–H groups in total. The third-order valence-electron chi connectivity index (χ3n) is 7.73. The lowest BCUT2D eigenvalue weighted by atomic mass is 10.0. The van der Waals surface area contributed by atoms with E-state index in [1.54, 1.807) is 12.1 Å². The maximum Gasteiger partial charge on any atom is 0.273 e. The predicted octanol–water partition coefficient (Wildman–Crippen LogP) is 6.97. The summed E-state index contributed by atoms with van der Waals surface area (Å²) in [7, 11) is -3.15. The van der Waals surface area contributed by atoms with Crippen LogP contribution in [0.3, 0.4) is 0 Å². The number of amides is 2. The van der Waals surface area contributed by atoms with Gasteiger partial charge in [-0.15, -0.1) is 0 Å². The first-order chi connectivity index (χ1) is 23.5. The van der Waals surface area contributed by atoms with Crippen LogP contribution in [0.1, 0.15) is 37.5 Å². The van der Waals surface area contributed by atoms with E-state index in [1.165, 1.54) is 61.4 Å². The molecule has 50 heavy (non-hydrogen) atoms. The number of ether oxygens (including phenoxy) is 1. The predicted molar refractivity (Wildman–Crippen MR) is 194 cm³/mol. The monoisotopic (exact) mass is 740 g/mol. The Morgan fingerprint density at radius 2 is 1.62 bits per heavy atom. The van der Waals surface area contributed by atoms with Gasteiger partial charge in [-0.1, -0.05) is 65.7 Å². The van der Waals surface area contributed by atoms with Crippen molar-refractivity contribution in [2.75, 3.05) is 18.0 Å². The number of nitro groups is 1. The number of nitrogens with zero attached hydrogens (tertiary/aromatic N) is 3. The summed E-state index contributed by atoms with van der Waals surface area (Å²) in [5.74, 6) is -0.765. The van der Waals surface area contributed by atoms with Crippen molar-refractivity contribution in [2.24, 2.45) is 0 Å². The number of aryl methyl sites for hydroxylation is 1. The Bertz CT molecular complexity index is 1970. The molecule has 0 aliphatic rings. The van der Waals surface area contributed by atoms with E-state index in [0.717, 1.165) is 15.9 Å². The Balaban J connectivity index is 1.88. The van der Waals surface area contributed by atoms with Gasteiger partial charge in [0, 0.05) is 40.2 Å². The average Bonchev–Trinajstić information content (AvgIpc) is 3.05. The second kappa shape index (κ2) is 15.9. The Kier molecular flexibility index (Phi) is 12.2. The molecule has 4 rings (SSSR count). The Morgan fingerprint density at radius 3 is 2.20 bits per heavy atom. The van der Waals surface area contributed by atoms with E-state index in [1.807, 2.05) is 51.1 Å². The van der Waals surface area contributed by atoms with Crippen molar-refractivity contribution in [1.29, 1.82) is 0 Å². The first-order valence-electron chi connectivity index (χ1n) is 15.5. The molecule has 0 bridgehead atoms. The van der Waals surface area contributed by atoms with Gasteiger partial charge in [0.25, 0.3) is 15.7 Å². The molecule has 2 amide bonds. The van der Waals surface area contributed by atoms with Crippen LogP contribution in [0, 0.1) is 17.0 Å². The molecule has 0 aliphatic carbocycles. The highest BCUT2D eigenvalue weighted by Gasteiger charge is 2.36. The highest BCUT2D eigenvalue weighted by Crippen LogP contribution is 2.30. The van der Waals surface area contributed by atoms with Gasteiger partial charge in [0.1, 0.15) is 18.3 Å². The standard InChI is InChI=1S/C36H38Cl2N4O7S/c1-24-11-18-30(21-32(24)42(45)46)50(47,48)41(28-14-16-29(49-5)17-15-28)23-34(43)40(22-26-12-13-27(37)20-31(26)38)33(35(44)39-36(2,3)4)19-25-9-7-6-8-10-25/h6-18,20-21,33H,19,22-23H2,1-5H3,(H,39,44). The summed E-state index contributed by atoms with van der Waals surface area (Å²) in [5.41, 5.74) is 0.517. The fraction of sp³-hybridized carbons (Fsp3) is 0.278. The van der Waals surface area contributed by atoms with E-state index in [0.29, 0.717) is 16.3 Å². The number of anilines is 1. The van der Waals surface area contributed by atoms with E-state index < -0.39 is 55.5 Å². The molecule has 4 aromatic carbocycles. The fourth-order valence-electron chi connectivity index (χ4n) is 5.19. The molecule has 0 saturated heterocycles. The lowest BCUT2D eigenvalue weighted by molar-refractivity contribution is -0.385. The molecule has 0 saturated carbocycles. The molecule has 0 heterocycles. The van der Waals surface area contributed by atoms with Crippen LogP contribution in [0.15, 0.2) is 95.9 Å². The number of methoxy groups -OCH3 is 1. The van der Waals surface area contributed by atoms with Gasteiger partial charge in [0.05, 0.1) is 22.6 Å². The molecular weight excluding hydrogens is 703 g/mol. The van der Waals surface area contributed by atoms with E-state index in [9.17, 15) is 28.1 Å². The second-order valence-electron chi connectivity index (χ2n) is 12.6. The highest BCUT2D eigenvalue weighted by molar-refractivity contribution is 7.92. The number of hydrogen-bond donors (Lipinski definition) is 1. The van der Waals surface area contributed by atoms with E-state index >= 15 is 0 Å². The quantitative estimate of drug-likeness (QED) is 0.115. The Morgan fingerprint density at radius 1 is 0.960 bits per heavy atom. The topological polar surface area (TPSA) is 139 Å². The second-order valence-corrected chi connectivity index (χ2v) is 15.3. The number of carbonyl (C=O) groups excluding carboxylic acids is 2. The summed E-state index contributed by atoms with van der Waals surface area (Å²) in [6, 6.07) is 22.3. The number of nitro benzene ring substituents is 1. The number of rotatable bonds is 13. The van der Waals surface area contributed by atoms with Crippen LogP contribution >= 0.6 is 23.2 Å². The number of sulfonamides is 1. The summed E-state index contributed by atoms with van der Waals surface area (Å²) < 4.78 is 34.8. The molecule has 4 aromatic rings. The van der Waals surface area contributed by atoms with Crippen molar-refractivity contribution >= 4 is 56.4 Å². The van der Waals surface area contributed by atoms with Crippen molar-refractivity contribution in [2.45, 2.75) is 57.1 Å². The average molecular weight is 742 g/mol. The van der Waals surface area contributed by atoms with Gasteiger partial charge in [-0.3, -0.25) is 24.0 Å². The number of hydrogen-bond acceptors (Lipinski definition) is 7. The number of benzene rings is 4. The van der Waals surface area contributed by atoms with Crippen molar-refractivity contribution in [3.8, 4) is 5.75 Å². The van der Waals surface area contributed by atoms with Crippen LogP contribution in [0.2, 0.25) is 10.0 Å². The summed E-state index contributed by atoms with van der Waals surface area (Å²) in [5, 5.41) is 15.3. The maximum atomic E-state index is 14.7. The van der Waals surface area contributed by atoms with Crippen molar-refractivity contribution in [3.05, 3.63) is 128 Å². The molecule has 0 aromatic heterocycles. The number of halogens is 2. The lowest BCUT2D eigenvalue weighted by Crippen LogP contribution is -2.56. The van der Waals surface area contributed by atoms with Crippen LogP contribution in [-0.4, -0.2) is 55.3 Å². The molecule has 1 atom stereocenters. The molecule has 11 nitrogen and oxygen atoms in total. The minimum atomic E-state index is -4.60. The smallest absolute Gasteiger partial charge is 0.273 e. The van der Waals surface area contributed by atoms with Gasteiger partial charge < -0.3 is 15.0 Å². The minimum Gasteiger partial charge on any atom is -0.497 e. The Labute approximate surface area is 302 Å². The van der Waals surface area contributed by atoms with Crippen LogP contribution in [0.4, 0.5) is 11.4 Å². The van der Waals surface area contributed by atoms with Crippen LogP contribution in [-0.2, 0) is 32.6 Å². The molecule has 14 heteroatoms. The van der Waals surface area contributed by atoms with Crippen molar-refractivity contribution in [3.63, 3.8) is 0 Å². The largest absolute Gasteiger partial charge is 0.497 e. The lowest BCUT2D eigenvalue weighted by Gasteiger charge is -2.35. The molecule has 0 radical (unpaired) electrons. The normalized spacial score (nSPS) is 12.1. The van der Waals surface area contributed by atoms with Gasteiger partial charge in [0.2, 0.25) is 11.8 Å². The zero-order chi connectivity index (χ0) is 36.8. The molecular formula is C36H38Cl2N4O7S. The van der Waals surface area contributed by atoms with Crippen molar-refractivity contribution < 1.29 is 27.7 Å². The summed E-state index contributed by atoms with van der Waals surface area (Å²) in [6.07, 6.45) is 0.0964. The van der Waals surface area contributed by atoms with Crippen molar-refractivity contribution in [1.82, 2.24) is 10.2 Å². The zero-order valence-electron chi connectivity index (χ0n) is 28.2. The third kappa shape index (κ3) is 9.52. The first-order valence-corrected chi connectivity index (χ1v) is 17.7. The molecule has 0 fully saturated rings. The molecule has 0 aliphatic heterocycles. The van der Waals surface area contributed by atoms with Gasteiger partial charge in [-0.2, -0.15) is 0 Å². The summed E-state index contributed by atoms with van der Waals surface area (Å²) >= 11 is 12.7. The highest BCUT2D eigenvalue weighted by atomic mass is 35.5. The number of nitrogens with one attached hydrogen (secondary N) is 1. The van der Waals surface area contributed by atoms with Crippen LogP contribution in [0.25, 0.3) is 0 Å². The molecule has 1 unspecified atom stereocenters. The first kappa shape index (κ1) is 38.2. The minimum absolute atomic E-state index is 0.0885. The summed E-state index contributed by atoms with van der Waals surface area (Å²) in [4.78, 5) is 40.7. The maximum absolute atomic E-state index is 14.7. The van der Waals surface area contributed by atoms with Crippen LogP contribution in [0.5, 0.6) is 5.75 Å². The molecule has 264 valence electrons.